The van der Waals surface area contributed by atoms with Gasteiger partial charge in [-0.2, -0.15) is 0 Å². The Morgan fingerprint density at radius 3 is 2.78 bits per heavy atom. The van der Waals surface area contributed by atoms with Crippen LogP contribution >= 0.6 is 27.5 Å². The van der Waals surface area contributed by atoms with Crippen LogP contribution in [0.2, 0.25) is 5.02 Å². The normalized spacial score (nSPS) is 10.4. The standard InChI is InChI=1S/C14H14BrClN2/c1-9-2-3-11(15)6-10(9)8-18-14-7-12(16)4-5-13(14)17/h2-7,18H,8,17H2,1H3. The zero-order chi connectivity index (χ0) is 13.1. The van der Waals surface area contributed by atoms with E-state index < -0.39 is 0 Å². The van der Waals surface area contributed by atoms with E-state index in [4.69, 9.17) is 17.3 Å². The maximum atomic E-state index is 5.95. The summed E-state index contributed by atoms with van der Waals surface area (Å²) in [6.07, 6.45) is 0. The number of aryl methyl sites for hydroxylation is 1. The lowest BCUT2D eigenvalue weighted by Crippen LogP contribution is -2.03. The van der Waals surface area contributed by atoms with Crippen molar-refractivity contribution in [3.8, 4) is 0 Å². The van der Waals surface area contributed by atoms with Crippen LogP contribution in [0.5, 0.6) is 0 Å². The summed E-state index contributed by atoms with van der Waals surface area (Å²) in [5, 5.41) is 3.99. The Labute approximate surface area is 120 Å². The second-order valence-electron chi connectivity index (χ2n) is 4.16. The molecule has 0 amide bonds. The highest BCUT2D eigenvalue weighted by molar-refractivity contribution is 9.10. The molecule has 2 nitrogen and oxygen atoms in total. The van der Waals surface area contributed by atoms with Crippen molar-refractivity contribution < 1.29 is 0 Å². The van der Waals surface area contributed by atoms with E-state index in [0.717, 1.165) is 16.7 Å². The van der Waals surface area contributed by atoms with E-state index in [1.54, 1.807) is 12.1 Å². The molecule has 0 bridgehead atoms. The maximum Gasteiger partial charge on any atom is 0.0591 e. The first kappa shape index (κ1) is 13.2. The number of nitrogens with two attached hydrogens (primary N) is 1. The van der Waals surface area contributed by atoms with Crippen LogP contribution in [-0.2, 0) is 6.54 Å². The fourth-order valence-corrected chi connectivity index (χ4v) is 2.28. The SMILES string of the molecule is Cc1ccc(Br)cc1CNc1cc(Cl)ccc1N. The third kappa shape index (κ3) is 3.18. The Morgan fingerprint density at radius 1 is 1.22 bits per heavy atom. The smallest absolute Gasteiger partial charge is 0.0591 e. The largest absolute Gasteiger partial charge is 0.397 e. The maximum absolute atomic E-state index is 5.95. The van der Waals surface area contributed by atoms with E-state index >= 15 is 0 Å². The van der Waals surface area contributed by atoms with Crippen LogP contribution in [0.25, 0.3) is 0 Å². The van der Waals surface area contributed by atoms with Gasteiger partial charge in [-0.05, 0) is 48.4 Å². The minimum atomic E-state index is 0.678. The molecule has 0 fully saturated rings. The molecule has 18 heavy (non-hydrogen) atoms. The van der Waals surface area contributed by atoms with Crippen LogP contribution in [-0.4, -0.2) is 0 Å². The van der Waals surface area contributed by atoms with Gasteiger partial charge < -0.3 is 11.1 Å². The first-order valence-corrected chi connectivity index (χ1v) is 6.77. The number of hydrogen-bond donors (Lipinski definition) is 2. The quantitative estimate of drug-likeness (QED) is 0.809. The molecule has 0 aromatic heterocycles. The van der Waals surface area contributed by atoms with Gasteiger partial charge >= 0.3 is 0 Å². The molecule has 0 aliphatic carbocycles. The van der Waals surface area contributed by atoms with Gasteiger partial charge in [-0.15, -0.1) is 0 Å². The third-order valence-corrected chi connectivity index (χ3v) is 3.52. The van der Waals surface area contributed by atoms with Crippen molar-refractivity contribution in [1.82, 2.24) is 0 Å². The minimum absolute atomic E-state index is 0.678. The molecule has 0 aliphatic heterocycles. The lowest BCUT2D eigenvalue weighted by Gasteiger charge is -2.12. The summed E-state index contributed by atoms with van der Waals surface area (Å²) in [6, 6.07) is 11.6. The number of halogens is 2. The van der Waals surface area contributed by atoms with Crippen LogP contribution in [0.15, 0.2) is 40.9 Å². The Balaban J connectivity index is 2.16. The lowest BCUT2D eigenvalue weighted by atomic mass is 10.1. The predicted octanol–water partition coefficient (Wildman–Crippen LogP) is 4.61. The first-order valence-electron chi connectivity index (χ1n) is 5.60. The lowest BCUT2D eigenvalue weighted by molar-refractivity contribution is 1.12. The van der Waals surface area contributed by atoms with Gasteiger partial charge in [0.2, 0.25) is 0 Å². The first-order chi connectivity index (χ1) is 8.56. The molecule has 0 saturated heterocycles. The van der Waals surface area contributed by atoms with E-state index in [9.17, 15) is 0 Å². The number of benzene rings is 2. The fraction of sp³-hybridized carbons (Fsp3) is 0.143. The number of anilines is 2. The highest BCUT2D eigenvalue weighted by atomic mass is 79.9. The van der Waals surface area contributed by atoms with E-state index in [2.05, 4.69) is 40.3 Å². The van der Waals surface area contributed by atoms with E-state index in [1.807, 2.05) is 12.1 Å². The molecule has 2 rings (SSSR count). The van der Waals surface area contributed by atoms with Crippen molar-refractivity contribution in [1.29, 1.82) is 0 Å². The van der Waals surface area contributed by atoms with Crippen LogP contribution in [0, 0.1) is 6.92 Å². The predicted molar refractivity (Wildman–Crippen MR) is 82.1 cm³/mol. The van der Waals surface area contributed by atoms with E-state index in [1.165, 1.54) is 11.1 Å². The van der Waals surface area contributed by atoms with E-state index in [0.29, 0.717) is 10.7 Å². The summed E-state index contributed by atoms with van der Waals surface area (Å²) in [6.45, 7) is 2.81. The Morgan fingerprint density at radius 2 is 2.00 bits per heavy atom. The van der Waals surface area contributed by atoms with Crippen molar-refractivity contribution in [3.05, 3.63) is 57.0 Å². The summed E-state index contributed by atoms with van der Waals surface area (Å²) in [5.41, 5.74) is 9.92. The summed E-state index contributed by atoms with van der Waals surface area (Å²) >= 11 is 9.43. The molecule has 0 atom stereocenters. The zero-order valence-corrected chi connectivity index (χ0v) is 12.3. The van der Waals surface area contributed by atoms with Crippen molar-refractivity contribution in [2.24, 2.45) is 0 Å². The summed E-state index contributed by atoms with van der Waals surface area (Å²) < 4.78 is 1.07. The molecule has 3 N–H and O–H groups in total. The Kier molecular flexibility index (Phi) is 4.15. The zero-order valence-electron chi connectivity index (χ0n) is 10.0. The average molecular weight is 326 g/mol. The molecular weight excluding hydrogens is 312 g/mol. The van der Waals surface area contributed by atoms with Gasteiger partial charge in [0.15, 0.2) is 0 Å². The van der Waals surface area contributed by atoms with Gasteiger partial charge in [0.1, 0.15) is 0 Å². The Bertz CT molecular complexity index is 518. The van der Waals surface area contributed by atoms with Gasteiger partial charge in [-0.25, -0.2) is 0 Å². The van der Waals surface area contributed by atoms with Gasteiger partial charge in [0, 0.05) is 16.0 Å². The summed E-state index contributed by atoms with van der Waals surface area (Å²) in [4.78, 5) is 0. The number of nitrogens with one attached hydrogen (secondary N) is 1. The second-order valence-corrected chi connectivity index (χ2v) is 5.51. The summed E-state index contributed by atoms with van der Waals surface area (Å²) in [5.74, 6) is 0. The Hall–Kier alpha value is -1.19. The van der Waals surface area contributed by atoms with Crippen molar-refractivity contribution >= 4 is 38.9 Å². The molecule has 0 radical (unpaired) electrons. The van der Waals surface area contributed by atoms with Gasteiger partial charge in [-0.1, -0.05) is 33.6 Å². The molecule has 94 valence electrons. The number of hydrogen-bond acceptors (Lipinski definition) is 2. The molecular formula is C14H14BrClN2. The third-order valence-electron chi connectivity index (χ3n) is 2.80. The molecule has 2 aromatic rings. The highest BCUT2D eigenvalue weighted by Gasteiger charge is 2.02. The van der Waals surface area contributed by atoms with Crippen LogP contribution < -0.4 is 11.1 Å². The van der Waals surface area contributed by atoms with Gasteiger partial charge in [-0.3, -0.25) is 0 Å². The molecule has 0 unspecified atom stereocenters. The van der Waals surface area contributed by atoms with Gasteiger partial charge in [0.25, 0.3) is 0 Å². The molecule has 0 heterocycles. The van der Waals surface area contributed by atoms with Crippen molar-refractivity contribution in [2.45, 2.75) is 13.5 Å². The monoisotopic (exact) mass is 324 g/mol. The van der Waals surface area contributed by atoms with Gasteiger partial charge in [0.05, 0.1) is 11.4 Å². The summed E-state index contributed by atoms with van der Waals surface area (Å²) in [7, 11) is 0. The van der Waals surface area contributed by atoms with Crippen molar-refractivity contribution in [2.75, 3.05) is 11.1 Å². The minimum Gasteiger partial charge on any atom is -0.397 e. The average Bonchev–Trinajstić information content (AvgIpc) is 2.34. The van der Waals surface area contributed by atoms with Crippen LogP contribution in [0.3, 0.4) is 0 Å². The van der Waals surface area contributed by atoms with E-state index in [-0.39, 0.29) is 0 Å². The molecule has 2 aromatic carbocycles. The second kappa shape index (κ2) is 5.63. The number of nitrogen functional groups attached to an aromatic ring is 1. The van der Waals surface area contributed by atoms with Crippen LogP contribution in [0.4, 0.5) is 11.4 Å². The van der Waals surface area contributed by atoms with Crippen molar-refractivity contribution in [3.63, 3.8) is 0 Å². The van der Waals surface area contributed by atoms with Crippen LogP contribution in [0.1, 0.15) is 11.1 Å². The highest BCUT2D eigenvalue weighted by Crippen LogP contribution is 2.24. The molecule has 0 saturated carbocycles. The molecule has 0 spiro atoms. The topological polar surface area (TPSA) is 38.0 Å². The molecule has 4 heteroatoms. The molecule has 0 aliphatic rings. The number of rotatable bonds is 3. The fourth-order valence-electron chi connectivity index (χ4n) is 1.70.